The van der Waals surface area contributed by atoms with E-state index in [9.17, 15) is 9.59 Å². The van der Waals surface area contributed by atoms with Crippen molar-refractivity contribution in [2.75, 3.05) is 20.8 Å². The van der Waals surface area contributed by atoms with Crippen molar-refractivity contribution in [2.24, 2.45) is 0 Å². The van der Waals surface area contributed by atoms with Crippen LogP contribution in [0, 0.1) is 0 Å². The molecule has 1 saturated heterocycles. The summed E-state index contributed by atoms with van der Waals surface area (Å²) in [4.78, 5) is 35.2. The smallest absolute Gasteiger partial charge is 0.262 e. The molecule has 5 rings (SSSR count). The molecule has 2 aromatic heterocycles. The maximum atomic E-state index is 13.2. The average molecular weight is 474 g/mol. The summed E-state index contributed by atoms with van der Waals surface area (Å²) >= 11 is 0. The minimum Gasteiger partial charge on any atom is -0.497 e. The van der Waals surface area contributed by atoms with Crippen LogP contribution in [0.3, 0.4) is 0 Å². The van der Waals surface area contributed by atoms with Gasteiger partial charge in [-0.1, -0.05) is 18.2 Å². The number of aromatic nitrogens is 4. The standard InChI is InChI=1S/C26H27N5O4/c1-34-18-10-11-19(22(15-18)35-2)21-9-6-14-30(21)24(32)13-12-23-28-25-20(26(33)29-23)16-27-31(25)17-7-4-3-5-8-17/h3-5,7-8,10-11,15-16,21H,6,9,12-14H2,1-2H3,(H,28,29,33). The lowest BCUT2D eigenvalue weighted by Gasteiger charge is -2.26. The molecule has 1 aliphatic heterocycles. The molecule has 0 aliphatic carbocycles. The van der Waals surface area contributed by atoms with Gasteiger partial charge in [0.1, 0.15) is 22.7 Å². The Balaban J connectivity index is 1.35. The summed E-state index contributed by atoms with van der Waals surface area (Å²) in [7, 11) is 3.24. The van der Waals surface area contributed by atoms with Crippen LogP contribution in [0.25, 0.3) is 16.7 Å². The molecule has 0 spiro atoms. The molecule has 0 bridgehead atoms. The maximum Gasteiger partial charge on any atom is 0.262 e. The zero-order valence-corrected chi connectivity index (χ0v) is 19.7. The number of aromatic amines is 1. The number of nitrogens with one attached hydrogen (secondary N) is 1. The van der Waals surface area contributed by atoms with Gasteiger partial charge >= 0.3 is 0 Å². The Bertz CT molecular complexity index is 1410. The number of nitrogens with zero attached hydrogens (tertiary/aromatic N) is 4. The van der Waals surface area contributed by atoms with Gasteiger partial charge in [-0.15, -0.1) is 0 Å². The van der Waals surface area contributed by atoms with Gasteiger partial charge in [0.25, 0.3) is 5.56 Å². The molecular formula is C26H27N5O4. The predicted octanol–water partition coefficient (Wildman–Crippen LogP) is 3.42. The zero-order valence-electron chi connectivity index (χ0n) is 19.7. The van der Waals surface area contributed by atoms with E-state index >= 15 is 0 Å². The topological polar surface area (TPSA) is 102 Å². The fourth-order valence-electron chi connectivity index (χ4n) is 4.69. The Morgan fingerprint density at radius 3 is 2.74 bits per heavy atom. The Kier molecular flexibility index (Phi) is 6.22. The lowest BCUT2D eigenvalue weighted by Crippen LogP contribution is -2.31. The van der Waals surface area contributed by atoms with Gasteiger partial charge in [-0.3, -0.25) is 9.59 Å². The number of amides is 1. The first-order chi connectivity index (χ1) is 17.1. The Morgan fingerprint density at radius 2 is 1.97 bits per heavy atom. The number of ether oxygens (including phenoxy) is 2. The number of para-hydroxylation sites is 1. The van der Waals surface area contributed by atoms with Crippen LogP contribution in [-0.4, -0.2) is 51.3 Å². The predicted molar refractivity (Wildman–Crippen MR) is 131 cm³/mol. The highest BCUT2D eigenvalue weighted by molar-refractivity contribution is 5.78. The van der Waals surface area contributed by atoms with Gasteiger partial charge in [-0.05, 0) is 37.1 Å². The third-order valence-corrected chi connectivity index (χ3v) is 6.44. The number of hydrogen-bond donors (Lipinski definition) is 1. The van der Waals surface area contributed by atoms with E-state index in [1.165, 1.54) is 6.20 Å². The first-order valence-corrected chi connectivity index (χ1v) is 11.6. The van der Waals surface area contributed by atoms with Gasteiger partial charge < -0.3 is 19.4 Å². The van der Waals surface area contributed by atoms with Crippen molar-refractivity contribution in [3.63, 3.8) is 0 Å². The summed E-state index contributed by atoms with van der Waals surface area (Å²) in [6, 6.07) is 15.2. The van der Waals surface area contributed by atoms with Gasteiger partial charge in [0, 0.05) is 31.0 Å². The molecule has 0 saturated carbocycles. The first kappa shape index (κ1) is 22.6. The monoisotopic (exact) mass is 473 g/mol. The highest BCUT2D eigenvalue weighted by atomic mass is 16.5. The molecule has 9 nitrogen and oxygen atoms in total. The Hall–Kier alpha value is -4.14. The van der Waals surface area contributed by atoms with Crippen molar-refractivity contribution in [3.8, 4) is 17.2 Å². The molecule has 0 radical (unpaired) electrons. The highest BCUT2D eigenvalue weighted by Crippen LogP contribution is 2.39. The van der Waals surface area contributed by atoms with E-state index in [2.05, 4.69) is 15.1 Å². The second-order valence-electron chi connectivity index (χ2n) is 8.49. The van der Waals surface area contributed by atoms with E-state index in [-0.39, 0.29) is 23.9 Å². The van der Waals surface area contributed by atoms with Crippen LogP contribution in [0.4, 0.5) is 0 Å². The summed E-state index contributed by atoms with van der Waals surface area (Å²) in [5, 5.41) is 4.75. The fraction of sp³-hybridized carbons (Fsp3) is 0.308. The SMILES string of the molecule is COc1ccc(C2CCCN2C(=O)CCc2nc3c(cnn3-c3ccccc3)c(=O)[nH]2)c(OC)c1. The van der Waals surface area contributed by atoms with Gasteiger partial charge in [-0.25, -0.2) is 9.67 Å². The number of carbonyl (C=O) groups excluding carboxylic acids is 1. The second-order valence-corrected chi connectivity index (χ2v) is 8.49. The van der Waals surface area contributed by atoms with Crippen molar-refractivity contribution >= 4 is 16.9 Å². The van der Waals surface area contributed by atoms with Crippen molar-refractivity contribution < 1.29 is 14.3 Å². The largest absolute Gasteiger partial charge is 0.497 e. The summed E-state index contributed by atoms with van der Waals surface area (Å²) < 4.78 is 12.5. The van der Waals surface area contributed by atoms with Crippen LogP contribution in [0.2, 0.25) is 0 Å². The molecule has 1 unspecified atom stereocenters. The van der Waals surface area contributed by atoms with Crippen molar-refractivity contribution in [2.45, 2.75) is 31.7 Å². The molecule has 4 aromatic rings. The Labute approximate surface area is 202 Å². The van der Waals surface area contributed by atoms with Crippen molar-refractivity contribution in [1.82, 2.24) is 24.6 Å². The van der Waals surface area contributed by atoms with Gasteiger partial charge in [0.05, 0.1) is 32.1 Å². The summed E-state index contributed by atoms with van der Waals surface area (Å²) in [5.41, 5.74) is 2.00. The third-order valence-electron chi connectivity index (χ3n) is 6.44. The number of methoxy groups -OCH3 is 2. The quantitative estimate of drug-likeness (QED) is 0.441. The van der Waals surface area contributed by atoms with Crippen LogP contribution in [0.5, 0.6) is 11.5 Å². The molecule has 9 heteroatoms. The lowest BCUT2D eigenvalue weighted by atomic mass is 10.0. The molecular weight excluding hydrogens is 446 g/mol. The molecule has 1 aliphatic rings. The first-order valence-electron chi connectivity index (χ1n) is 11.6. The van der Waals surface area contributed by atoms with Gasteiger partial charge in [-0.2, -0.15) is 5.10 Å². The van der Waals surface area contributed by atoms with Crippen LogP contribution in [0.15, 0.2) is 59.5 Å². The molecule has 35 heavy (non-hydrogen) atoms. The van der Waals surface area contributed by atoms with E-state index < -0.39 is 0 Å². The molecule has 1 N–H and O–H groups in total. The van der Waals surface area contributed by atoms with Crippen LogP contribution in [0.1, 0.15) is 36.7 Å². The Morgan fingerprint density at radius 1 is 1.14 bits per heavy atom. The van der Waals surface area contributed by atoms with Crippen molar-refractivity contribution in [1.29, 1.82) is 0 Å². The van der Waals surface area contributed by atoms with E-state index in [1.54, 1.807) is 18.9 Å². The van der Waals surface area contributed by atoms with Gasteiger partial charge in [0.2, 0.25) is 5.91 Å². The molecule has 1 fully saturated rings. The maximum absolute atomic E-state index is 13.2. The minimum absolute atomic E-state index is 0.0182. The zero-order chi connectivity index (χ0) is 24.4. The highest BCUT2D eigenvalue weighted by Gasteiger charge is 2.31. The number of fused-ring (bicyclic) bond motifs is 1. The number of hydrogen-bond acceptors (Lipinski definition) is 6. The average Bonchev–Trinajstić information content (AvgIpc) is 3.55. The number of benzene rings is 2. The number of carbonyl (C=O) groups is 1. The summed E-state index contributed by atoms with van der Waals surface area (Å²) in [6.45, 7) is 0.683. The van der Waals surface area contributed by atoms with Crippen LogP contribution in [-0.2, 0) is 11.2 Å². The normalized spacial score (nSPS) is 15.5. The number of aryl methyl sites for hydroxylation is 1. The van der Waals surface area contributed by atoms with Gasteiger partial charge in [0.15, 0.2) is 5.65 Å². The molecule has 1 amide bonds. The van der Waals surface area contributed by atoms with Crippen molar-refractivity contribution in [3.05, 3.63) is 76.5 Å². The molecule has 3 heterocycles. The number of likely N-dealkylation sites (tertiary alicyclic amines) is 1. The van der Waals surface area contributed by atoms with E-state index in [0.717, 1.165) is 24.1 Å². The molecule has 2 aromatic carbocycles. The minimum atomic E-state index is -0.262. The third kappa shape index (κ3) is 4.37. The molecule has 1 atom stereocenters. The van der Waals surface area contributed by atoms with E-state index in [0.29, 0.717) is 41.3 Å². The van der Waals surface area contributed by atoms with Crippen LogP contribution >= 0.6 is 0 Å². The fourth-order valence-corrected chi connectivity index (χ4v) is 4.69. The second kappa shape index (κ2) is 9.61. The summed E-state index contributed by atoms with van der Waals surface area (Å²) in [6.07, 6.45) is 3.87. The lowest BCUT2D eigenvalue weighted by molar-refractivity contribution is -0.132. The van der Waals surface area contributed by atoms with E-state index in [1.807, 2.05) is 53.4 Å². The number of rotatable bonds is 7. The van der Waals surface area contributed by atoms with Crippen LogP contribution < -0.4 is 15.0 Å². The van der Waals surface area contributed by atoms with E-state index in [4.69, 9.17) is 9.47 Å². The summed E-state index contributed by atoms with van der Waals surface area (Å²) in [5.74, 6) is 1.90. The molecule has 180 valence electrons. The number of H-pyrrole nitrogens is 1.